The minimum absolute atomic E-state index is 0.00306. The maximum absolute atomic E-state index is 12.3. The zero-order valence-corrected chi connectivity index (χ0v) is 13.1. The van der Waals surface area contributed by atoms with Crippen molar-refractivity contribution >= 4 is 17.5 Å². The van der Waals surface area contributed by atoms with Crippen LogP contribution in [-0.4, -0.2) is 29.8 Å². The SMILES string of the molecule is CC(=O)N1CCC(C(=O)Nc2cccc(C(C)C)c2)CC1. The maximum Gasteiger partial charge on any atom is 0.227 e. The smallest absolute Gasteiger partial charge is 0.227 e. The van der Waals surface area contributed by atoms with Gasteiger partial charge in [-0.05, 0) is 36.5 Å². The van der Waals surface area contributed by atoms with Gasteiger partial charge in [-0.25, -0.2) is 0 Å². The molecule has 1 saturated heterocycles. The van der Waals surface area contributed by atoms with E-state index in [4.69, 9.17) is 0 Å². The third-order valence-corrected chi connectivity index (χ3v) is 4.13. The molecule has 4 nitrogen and oxygen atoms in total. The molecular formula is C17H24N2O2. The van der Waals surface area contributed by atoms with Crippen LogP contribution in [0.3, 0.4) is 0 Å². The molecular weight excluding hydrogens is 264 g/mol. The van der Waals surface area contributed by atoms with E-state index in [2.05, 4.69) is 25.2 Å². The lowest BCUT2D eigenvalue weighted by Crippen LogP contribution is -2.40. The van der Waals surface area contributed by atoms with Gasteiger partial charge in [-0.15, -0.1) is 0 Å². The Kier molecular flexibility index (Phi) is 4.99. The number of nitrogens with one attached hydrogen (secondary N) is 1. The molecule has 1 aromatic carbocycles. The molecule has 4 heteroatoms. The van der Waals surface area contributed by atoms with Crippen molar-refractivity contribution in [3.63, 3.8) is 0 Å². The van der Waals surface area contributed by atoms with E-state index < -0.39 is 0 Å². The second-order valence-corrected chi connectivity index (χ2v) is 6.05. The first-order chi connectivity index (χ1) is 9.97. The van der Waals surface area contributed by atoms with Crippen LogP contribution in [0.15, 0.2) is 24.3 Å². The minimum atomic E-state index is 0.00306. The molecule has 0 spiro atoms. The molecule has 2 amide bonds. The Morgan fingerprint density at radius 1 is 1.24 bits per heavy atom. The number of likely N-dealkylation sites (tertiary alicyclic amines) is 1. The second kappa shape index (κ2) is 6.74. The average molecular weight is 288 g/mol. The first-order valence-corrected chi connectivity index (χ1v) is 7.63. The highest BCUT2D eigenvalue weighted by Crippen LogP contribution is 2.22. The van der Waals surface area contributed by atoms with E-state index in [-0.39, 0.29) is 17.7 Å². The van der Waals surface area contributed by atoms with Crippen LogP contribution in [0.1, 0.15) is 45.1 Å². The number of carbonyl (C=O) groups excluding carboxylic acids is 2. The van der Waals surface area contributed by atoms with Crippen LogP contribution in [0.25, 0.3) is 0 Å². The van der Waals surface area contributed by atoms with E-state index in [1.54, 1.807) is 6.92 Å². The summed E-state index contributed by atoms with van der Waals surface area (Å²) in [7, 11) is 0. The van der Waals surface area contributed by atoms with Crippen LogP contribution < -0.4 is 5.32 Å². The predicted octanol–water partition coefficient (Wildman–Crippen LogP) is 3.01. The minimum Gasteiger partial charge on any atom is -0.343 e. The number of benzene rings is 1. The standard InChI is InChI=1S/C17H24N2O2/c1-12(2)15-5-4-6-16(11-15)18-17(21)14-7-9-19(10-8-14)13(3)20/h4-6,11-12,14H,7-10H2,1-3H3,(H,18,21). The summed E-state index contributed by atoms with van der Waals surface area (Å²) in [5.41, 5.74) is 2.08. The molecule has 0 atom stereocenters. The Morgan fingerprint density at radius 2 is 1.90 bits per heavy atom. The lowest BCUT2D eigenvalue weighted by Gasteiger charge is -2.30. The summed E-state index contributed by atoms with van der Waals surface area (Å²) < 4.78 is 0. The van der Waals surface area contributed by atoms with Crippen LogP contribution in [0.4, 0.5) is 5.69 Å². The summed E-state index contributed by atoms with van der Waals surface area (Å²) in [4.78, 5) is 25.4. The van der Waals surface area contributed by atoms with Crippen LogP contribution >= 0.6 is 0 Å². The van der Waals surface area contributed by atoms with E-state index in [1.807, 2.05) is 23.1 Å². The van der Waals surface area contributed by atoms with Crippen LogP contribution in [0.2, 0.25) is 0 Å². The monoisotopic (exact) mass is 288 g/mol. The number of carbonyl (C=O) groups is 2. The predicted molar refractivity (Wildman–Crippen MR) is 84.1 cm³/mol. The molecule has 1 heterocycles. The summed E-state index contributed by atoms with van der Waals surface area (Å²) in [5.74, 6) is 0.613. The lowest BCUT2D eigenvalue weighted by atomic mass is 9.95. The first-order valence-electron chi connectivity index (χ1n) is 7.63. The number of hydrogen-bond donors (Lipinski definition) is 1. The largest absolute Gasteiger partial charge is 0.343 e. The number of anilines is 1. The van der Waals surface area contributed by atoms with Crippen molar-refractivity contribution in [1.82, 2.24) is 4.90 Å². The van der Waals surface area contributed by atoms with Gasteiger partial charge in [-0.1, -0.05) is 26.0 Å². The van der Waals surface area contributed by atoms with Gasteiger partial charge in [0, 0.05) is 31.6 Å². The van der Waals surface area contributed by atoms with E-state index in [9.17, 15) is 9.59 Å². The van der Waals surface area contributed by atoms with Crippen molar-refractivity contribution in [3.8, 4) is 0 Å². The van der Waals surface area contributed by atoms with Gasteiger partial charge in [0.2, 0.25) is 11.8 Å². The average Bonchev–Trinajstić information content (AvgIpc) is 2.47. The Balaban J connectivity index is 1.93. The fourth-order valence-electron chi connectivity index (χ4n) is 2.68. The molecule has 1 aliphatic heterocycles. The summed E-state index contributed by atoms with van der Waals surface area (Å²) >= 11 is 0. The Morgan fingerprint density at radius 3 is 2.48 bits per heavy atom. The van der Waals surface area contributed by atoms with Gasteiger partial charge in [0.15, 0.2) is 0 Å². The number of amides is 2. The summed E-state index contributed by atoms with van der Waals surface area (Å²) in [6.45, 7) is 7.22. The first kappa shape index (κ1) is 15.5. The number of nitrogens with zero attached hydrogens (tertiary/aromatic N) is 1. The third-order valence-electron chi connectivity index (χ3n) is 4.13. The summed E-state index contributed by atoms with van der Waals surface area (Å²) in [6.07, 6.45) is 1.49. The quantitative estimate of drug-likeness (QED) is 0.929. The fourth-order valence-corrected chi connectivity index (χ4v) is 2.68. The number of hydrogen-bond acceptors (Lipinski definition) is 2. The molecule has 1 fully saturated rings. The van der Waals surface area contributed by atoms with Gasteiger partial charge >= 0.3 is 0 Å². The molecule has 21 heavy (non-hydrogen) atoms. The van der Waals surface area contributed by atoms with Crippen LogP contribution in [-0.2, 0) is 9.59 Å². The van der Waals surface area contributed by atoms with E-state index in [1.165, 1.54) is 5.56 Å². The highest BCUT2D eigenvalue weighted by atomic mass is 16.2. The third kappa shape index (κ3) is 4.06. The van der Waals surface area contributed by atoms with E-state index in [0.717, 1.165) is 18.5 Å². The van der Waals surface area contributed by atoms with Crippen LogP contribution in [0, 0.1) is 5.92 Å². The van der Waals surface area contributed by atoms with Gasteiger partial charge in [-0.2, -0.15) is 0 Å². The highest BCUT2D eigenvalue weighted by Gasteiger charge is 2.26. The molecule has 1 aromatic rings. The molecule has 0 radical (unpaired) electrons. The topological polar surface area (TPSA) is 49.4 Å². The molecule has 0 saturated carbocycles. The van der Waals surface area contributed by atoms with Crippen molar-refractivity contribution in [2.24, 2.45) is 5.92 Å². The van der Waals surface area contributed by atoms with Gasteiger partial charge < -0.3 is 10.2 Å². The van der Waals surface area contributed by atoms with Crippen molar-refractivity contribution in [2.75, 3.05) is 18.4 Å². The van der Waals surface area contributed by atoms with Crippen molar-refractivity contribution in [3.05, 3.63) is 29.8 Å². The van der Waals surface area contributed by atoms with E-state index in [0.29, 0.717) is 19.0 Å². The molecule has 114 valence electrons. The normalized spacial score (nSPS) is 16.1. The second-order valence-electron chi connectivity index (χ2n) is 6.05. The van der Waals surface area contributed by atoms with Gasteiger partial charge in [0.05, 0.1) is 0 Å². The van der Waals surface area contributed by atoms with Gasteiger partial charge in [-0.3, -0.25) is 9.59 Å². The Hall–Kier alpha value is -1.84. The zero-order chi connectivity index (χ0) is 15.4. The zero-order valence-electron chi connectivity index (χ0n) is 13.1. The van der Waals surface area contributed by atoms with Crippen molar-refractivity contribution in [1.29, 1.82) is 0 Å². The van der Waals surface area contributed by atoms with Gasteiger partial charge in [0.1, 0.15) is 0 Å². The van der Waals surface area contributed by atoms with Crippen molar-refractivity contribution < 1.29 is 9.59 Å². The lowest BCUT2D eigenvalue weighted by molar-refractivity contribution is -0.132. The molecule has 0 bridgehead atoms. The van der Waals surface area contributed by atoms with E-state index >= 15 is 0 Å². The number of piperidine rings is 1. The number of rotatable bonds is 3. The molecule has 0 aromatic heterocycles. The Bertz CT molecular complexity index is 517. The maximum atomic E-state index is 12.3. The molecule has 0 aliphatic carbocycles. The summed E-state index contributed by atoms with van der Waals surface area (Å²) in [6, 6.07) is 8.01. The van der Waals surface area contributed by atoms with Gasteiger partial charge in [0.25, 0.3) is 0 Å². The highest BCUT2D eigenvalue weighted by molar-refractivity contribution is 5.92. The molecule has 0 unspecified atom stereocenters. The Labute approximate surface area is 126 Å². The van der Waals surface area contributed by atoms with Crippen molar-refractivity contribution in [2.45, 2.75) is 39.5 Å². The van der Waals surface area contributed by atoms with Crippen LogP contribution in [0.5, 0.6) is 0 Å². The molecule has 1 N–H and O–H groups in total. The fraction of sp³-hybridized carbons (Fsp3) is 0.529. The molecule has 1 aliphatic rings. The molecule has 2 rings (SSSR count). The summed E-state index contributed by atoms with van der Waals surface area (Å²) in [5, 5.41) is 3.01.